The maximum absolute atomic E-state index is 13.2. The summed E-state index contributed by atoms with van der Waals surface area (Å²) in [4.78, 5) is 13.2. The zero-order valence-corrected chi connectivity index (χ0v) is 27.8. The van der Waals surface area contributed by atoms with Gasteiger partial charge in [0.15, 0.2) is 0 Å². The molecule has 0 saturated heterocycles. The molecule has 0 saturated carbocycles. The van der Waals surface area contributed by atoms with E-state index in [4.69, 9.17) is 9.47 Å². The van der Waals surface area contributed by atoms with E-state index in [2.05, 4.69) is 71.3 Å². The molecule has 0 amide bonds. The van der Waals surface area contributed by atoms with Gasteiger partial charge in [-0.05, 0) is 43.4 Å². The fourth-order valence-electron chi connectivity index (χ4n) is 5.77. The van der Waals surface area contributed by atoms with E-state index in [9.17, 15) is 4.79 Å². The Morgan fingerprint density at radius 2 is 1.26 bits per heavy atom. The van der Waals surface area contributed by atoms with Crippen LogP contribution in [0.25, 0.3) is 0 Å². The van der Waals surface area contributed by atoms with Crippen molar-refractivity contribution in [2.75, 3.05) is 20.6 Å². The van der Waals surface area contributed by atoms with Crippen molar-refractivity contribution in [3.8, 4) is 5.75 Å². The molecule has 2 unspecified atom stereocenters. The van der Waals surface area contributed by atoms with Crippen LogP contribution in [0.1, 0.15) is 128 Å². The molecule has 236 valence electrons. The van der Waals surface area contributed by atoms with Gasteiger partial charge < -0.3 is 14.0 Å². The van der Waals surface area contributed by atoms with Crippen molar-refractivity contribution in [2.45, 2.75) is 136 Å². The third kappa shape index (κ3) is 15.8. The Labute approximate surface area is 258 Å². The normalized spacial score (nSPS) is 13.1. The van der Waals surface area contributed by atoms with Gasteiger partial charge in [0.2, 0.25) is 6.29 Å². The zero-order chi connectivity index (χ0) is 30.5. The predicted octanol–water partition coefficient (Wildman–Crippen LogP) is 10.3. The Hall–Kier alpha value is -2.33. The van der Waals surface area contributed by atoms with E-state index in [0.29, 0.717) is 6.42 Å². The summed E-state index contributed by atoms with van der Waals surface area (Å²) < 4.78 is 12.9. The number of hydrogen-bond donors (Lipinski definition) is 0. The van der Waals surface area contributed by atoms with Crippen LogP contribution in [-0.2, 0) is 22.5 Å². The highest BCUT2D eigenvalue weighted by atomic mass is 16.7. The van der Waals surface area contributed by atoms with Crippen LogP contribution in [0.3, 0.4) is 0 Å². The van der Waals surface area contributed by atoms with Crippen molar-refractivity contribution in [1.29, 1.82) is 0 Å². The quantitative estimate of drug-likeness (QED) is 0.0536. The molecule has 0 radical (unpaired) electrons. The highest BCUT2D eigenvalue weighted by Gasteiger charge is 2.30. The monoisotopic (exact) mass is 580 g/mol. The molecular weight excluding hydrogens is 518 g/mol. The van der Waals surface area contributed by atoms with E-state index in [1.54, 1.807) is 0 Å². The predicted molar refractivity (Wildman–Crippen MR) is 178 cm³/mol. The van der Waals surface area contributed by atoms with Crippen molar-refractivity contribution in [3.05, 3.63) is 65.7 Å². The summed E-state index contributed by atoms with van der Waals surface area (Å²) in [6.45, 7) is 8.06. The average Bonchev–Trinajstić information content (AvgIpc) is 2.97. The van der Waals surface area contributed by atoms with Gasteiger partial charge in [0, 0.05) is 12.0 Å². The summed E-state index contributed by atoms with van der Waals surface area (Å²) in [5, 5.41) is 0. The van der Waals surface area contributed by atoms with Crippen LogP contribution >= 0.6 is 0 Å². The summed E-state index contributed by atoms with van der Waals surface area (Å²) in [6.07, 6.45) is 19.4. The van der Waals surface area contributed by atoms with E-state index >= 15 is 0 Å². The first-order chi connectivity index (χ1) is 20.4. The molecule has 2 atom stereocenters. The fraction of sp³-hybridized carbons (Fsp3) is 0.658. The summed E-state index contributed by atoms with van der Waals surface area (Å²) in [7, 11) is 4.36. The molecule has 0 aromatic heterocycles. The lowest BCUT2D eigenvalue weighted by molar-refractivity contribution is -0.906. The van der Waals surface area contributed by atoms with E-state index in [1.807, 2.05) is 18.2 Å². The minimum atomic E-state index is -0.552. The first-order valence-corrected chi connectivity index (χ1v) is 17.2. The minimum absolute atomic E-state index is 0.154. The van der Waals surface area contributed by atoms with Gasteiger partial charge in [-0.2, -0.15) is 0 Å². The number of carbonyl (C=O) groups excluding carboxylic acids is 1. The van der Waals surface area contributed by atoms with Gasteiger partial charge in [-0.25, -0.2) is 0 Å². The molecule has 42 heavy (non-hydrogen) atoms. The van der Waals surface area contributed by atoms with Crippen LogP contribution in [0, 0.1) is 5.92 Å². The second-order valence-electron chi connectivity index (χ2n) is 12.9. The lowest BCUT2D eigenvalue weighted by atomic mass is 10.0. The number of benzene rings is 2. The number of ether oxygens (including phenoxy) is 2. The first kappa shape index (κ1) is 35.9. The molecule has 0 fully saturated rings. The van der Waals surface area contributed by atoms with Crippen LogP contribution in [0.4, 0.5) is 0 Å². The fourth-order valence-corrected chi connectivity index (χ4v) is 5.77. The summed E-state index contributed by atoms with van der Waals surface area (Å²) in [5.41, 5.74) is 2.63. The van der Waals surface area contributed by atoms with Crippen LogP contribution in [0.2, 0.25) is 0 Å². The molecule has 0 aliphatic heterocycles. The largest absolute Gasteiger partial charge is 0.455 e. The Morgan fingerprint density at radius 1 is 0.690 bits per heavy atom. The summed E-state index contributed by atoms with van der Waals surface area (Å²) in [5.74, 6) is 0.455. The van der Waals surface area contributed by atoms with Crippen LogP contribution in [0.15, 0.2) is 54.6 Å². The van der Waals surface area contributed by atoms with E-state index in [0.717, 1.165) is 42.6 Å². The van der Waals surface area contributed by atoms with Crippen molar-refractivity contribution in [3.63, 3.8) is 0 Å². The molecule has 2 aromatic carbocycles. The van der Waals surface area contributed by atoms with Crippen molar-refractivity contribution < 1.29 is 18.8 Å². The van der Waals surface area contributed by atoms with Crippen LogP contribution < -0.4 is 4.74 Å². The number of aryl methyl sites for hydroxylation is 1. The van der Waals surface area contributed by atoms with Gasteiger partial charge in [0.25, 0.3) is 0 Å². The molecular formula is C38H62NO3+. The Balaban J connectivity index is 1.71. The van der Waals surface area contributed by atoms with E-state index < -0.39 is 6.29 Å². The van der Waals surface area contributed by atoms with Crippen LogP contribution in [-0.4, -0.2) is 37.4 Å². The minimum Gasteiger partial charge on any atom is -0.455 e. The van der Waals surface area contributed by atoms with Gasteiger partial charge in [0.1, 0.15) is 18.2 Å². The number of esters is 1. The average molecular weight is 581 g/mol. The third-order valence-corrected chi connectivity index (χ3v) is 8.28. The van der Waals surface area contributed by atoms with Crippen LogP contribution in [0.5, 0.6) is 5.75 Å². The van der Waals surface area contributed by atoms with Gasteiger partial charge in [0.05, 0.1) is 20.6 Å². The molecule has 0 aliphatic carbocycles. The Morgan fingerprint density at radius 3 is 1.81 bits per heavy atom. The topological polar surface area (TPSA) is 35.5 Å². The zero-order valence-electron chi connectivity index (χ0n) is 27.8. The number of carbonyl (C=O) groups is 1. The number of unbranched alkanes of at least 4 members (excludes halogenated alkanes) is 11. The van der Waals surface area contributed by atoms with Crippen molar-refractivity contribution in [1.82, 2.24) is 0 Å². The van der Waals surface area contributed by atoms with Crippen molar-refractivity contribution in [2.24, 2.45) is 5.92 Å². The molecule has 4 nitrogen and oxygen atoms in total. The molecule has 0 bridgehead atoms. The highest BCUT2D eigenvalue weighted by Crippen LogP contribution is 2.21. The molecule has 0 heterocycles. The molecule has 0 spiro atoms. The van der Waals surface area contributed by atoms with E-state index in [1.165, 1.54) is 88.2 Å². The highest BCUT2D eigenvalue weighted by molar-refractivity contribution is 5.72. The number of hydrogen-bond acceptors (Lipinski definition) is 3. The first-order valence-electron chi connectivity index (χ1n) is 17.2. The Kier molecular flexibility index (Phi) is 18.3. The maximum Gasteiger partial charge on any atom is 0.317 e. The number of quaternary nitrogens is 1. The molecule has 4 heteroatoms. The maximum atomic E-state index is 13.2. The third-order valence-electron chi connectivity index (χ3n) is 8.28. The van der Waals surface area contributed by atoms with Gasteiger partial charge >= 0.3 is 5.97 Å². The number of nitrogens with zero attached hydrogens (tertiary/aromatic N) is 1. The van der Waals surface area contributed by atoms with Gasteiger partial charge in [-0.15, -0.1) is 0 Å². The van der Waals surface area contributed by atoms with Gasteiger partial charge in [-0.1, -0.05) is 134 Å². The van der Waals surface area contributed by atoms with E-state index in [-0.39, 0.29) is 11.9 Å². The SMILES string of the molecule is CCCCCCCCCCCCCCc1ccc(OC(CCC)OC(=O)C(CC)C[N+](C)(C)Cc2ccccc2)cc1. The summed E-state index contributed by atoms with van der Waals surface area (Å²) in [6, 6.07) is 18.9. The molecule has 2 rings (SSSR count). The van der Waals surface area contributed by atoms with Crippen molar-refractivity contribution >= 4 is 5.97 Å². The molecule has 0 N–H and O–H groups in total. The second kappa shape index (κ2) is 21.4. The second-order valence-corrected chi connectivity index (χ2v) is 12.9. The smallest absolute Gasteiger partial charge is 0.317 e. The van der Waals surface area contributed by atoms with Gasteiger partial charge in [-0.3, -0.25) is 4.79 Å². The summed E-state index contributed by atoms with van der Waals surface area (Å²) >= 11 is 0. The molecule has 0 aliphatic rings. The standard InChI is InChI=1S/C38H62NO3/c1-6-9-10-11-12-13-14-15-16-17-18-20-24-33-27-29-36(30-28-33)41-37(23-7-2)42-38(40)35(8-3)32-39(4,5)31-34-25-21-19-22-26-34/h19,21-22,25-30,35,37H,6-18,20,23-24,31-32H2,1-5H3/q+1. The molecule has 2 aromatic rings. The number of rotatable bonds is 24. The Bertz CT molecular complexity index is 941. The lowest BCUT2D eigenvalue weighted by Crippen LogP contribution is -2.45. The lowest BCUT2D eigenvalue weighted by Gasteiger charge is -2.33.